The summed E-state index contributed by atoms with van der Waals surface area (Å²) in [5, 5.41) is 0.777. The van der Waals surface area contributed by atoms with Gasteiger partial charge in [0.25, 0.3) is 0 Å². The van der Waals surface area contributed by atoms with Crippen LogP contribution < -0.4 is 5.73 Å². The quantitative estimate of drug-likeness (QED) is 0.910. The van der Waals surface area contributed by atoms with Crippen LogP contribution in [0.4, 0.5) is 0 Å². The number of hydrogen-bond acceptors (Lipinski definition) is 2. The van der Waals surface area contributed by atoms with Crippen molar-refractivity contribution in [3.63, 3.8) is 0 Å². The van der Waals surface area contributed by atoms with Crippen molar-refractivity contribution in [2.45, 2.75) is 25.4 Å². The molecule has 1 aliphatic heterocycles. The third-order valence-corrected chi connectivity index (χ3v) is 4.16. The van der Waals surface area contributed by atoms with E-state index in [1.54, 1.807) is 0 Å². The maximum absolute atomic E-state index is 6.07. The first-order chi connectivity index (χ1) is 7.65. The van der Waals surface area contributed by atoms with E-state index in [0.29, 0.717) is 6.04 Å². The van der Waals surface area contributed by atoms with E-state index in [2.05, 4.69) is 26.9 Å². The van der Waals surface area contributed by atoms with Gasteiger partial charge in [0.15, 0.2) is 0 Å². The van der Waals surface area contributed by atoms with Crippen LogP contribution in [0, 0.1) is 0 Å². The third kappa shape index (κ3) is 3.20. The molecule has 4 heteroatoms. The summed E-state index contributed by atoms with van der Waals surface area (Å²) in [5.41, 5.74) is 7.21. The van der Waals surface area contributed by atoms with Gasteiger partial charge in [-0.1, -0.05) is 17.7 Å². The molecule has 0 radical (unpaired) electrons. The average molecular weight is 304 g/mol. The molecular weight excluding hydrogens is 288 g/mol. The van der Waals surface area contributed by atoms with Crippen LogP contribution in [-0.4, -0.2) is 24.0 Å². The molecule has 2 rings (SSSR count). The summed E-state index contributed by atoms with van der Waals surface area (Å²) in [6.45, 7) is 3.08. The van der Waals surface area contributed by atoms with Crippen molar-refractivity contribution in [2.24, 2.45) is 5.73 Å². The van der Waals surface area contributed by atoms with Crippen LogP contribution in [-0.2, 0) is 6.54 Å². The standard InChI is InChI=1S/C12H16BrClN2/c13-11-4-3-9(6-12(11)14)7-16-5-1-2-10(15)8-16/h3-4,6,10H,1-2,5,7-8,15H2. The molecule has 1 aromatic rings. The van der Waals surface area contributed by atoms with E-state index in [1.807, 2.05) is 12.1 Å². The van der Waals surface area contributed by atoms with Crippen molar-refractivity contribution in [1.82, 2.24) is 4.90 Å². The van der Waals surface area contributed by atoms with Crippen LogP contribution in [0.15, 0.2) is 22.7 Å². The normalized spacial score (nSPS) is 22.3. The van der Waals surface area contributed by atoms with Gasteiger partial charge in [-0.2, -0.15) is 0 Å². The molecule has 2 N–H and O–H groups in total. The number of halogens is 2. The Morgan fingerprint density at radius 1 is 1.50 bits per heavy atom. The van der Waals surface area contributed by atoms with Gasteiger partial charge in [0, 0.05) is 23.6 Å². The lowest BCUT2D eigenvalue weighted by molar-refractivity contribution is 0.201. The highest BCUT2D eigenvalue weighted by Gasteiger charge is 2.16. The lowest BCUT2D eigenvalue weighted by atomic mass is 10.1. The van der Waals surface area contributed by atoms with Crippen molar-refractivity contribution in [2.75, 3.05) is 13.1 Å². The van der Waals surface area contributed by atoms with Gasteiger partial charge in [-0.15, -0.1) is 0 Å². The Labute approximate surface area is 110 Å². The highest BCUT2D eigenvalue weighted by Crippen LogP contribution is 2.24. The fourth-order valence-corrected chi connectivity index (χ4v) is 2.58. The molecule has 1 aromatic carbocycles. The highest BCUT2D eigenvalue weighted by molar-refractivity contribution is 9.10. The zero-order valence-electron chi connectivity index (χ0n) is 9.13. The molecule has 1 unspecified atom stereocenters. The van der Waals surface area contributed by atoms with Gasteiger partial charge < -0.3 is 5.73 Å². The largest absolute Gasteiger partial charge is 0.327 e. The number of piperidine rings is 1. The predicted octanol–water partition coefficient (Wildman–Crippen LogP) is 3.03. The van der Waals surface area contributed by atoms with E-state index < -0.39 is 0 Å². The first-order valence-corrected chi connectivity index (χ1v) is 6.74. The van der Waals surface area contributed by atoms with Gasteiger partial charge in [0.1, 0.15) is 0 Å². The number of hydrogen-bond donors (Lipinski definition) is 1. The maximum atomic E-state index is 6.07. The van der Waals surface area contributed by atoms with E-state index in [9.17, 15) is 0 Å². The minimum absolute atomic E-state index is 0.333. The molecule has 0 aliphatic carbocycles. The van der Waals surface area contributed by atoms with Crippen LogP contribution in [0.5, 0.6) is 0 Å². The molecule has 1 atom stereocenters. The second-order valence-electron chi connectivity index (χ2n) is 4.39. The first kappa shape index (κ1) is 12.4. The fraction of sp³-hybridized carbons (Fsp3) is 0.500. The minimum atomic E-state index is 0.333. The summed E-state index contributed by atoms with van der Waals surface area (Å²) in [6, 6.07) is 6.46. The lowest BCUT2D eigenvalue weighted by Crippen LogP contribution is -2.42. The Morgan fingerprint density at radius 3 is 3.00 bits per heavy atom. The van der Waals surface area contributed by atoms with Gasteiger partial charge in [-0.05, 0) is 53.0 Å². The van der Waals surface area contributed by atoms with Gasteiger partial charge in [0.05, 0.1) is 5.02 Å². The minimum Gasteiger partial charge on any atom is -0.327 e. The number of benzene rings is 1. The van der Waals surface area contributed by atoms with Crippen LogP contribution in [0.1, 0.15) is 18.4 Å². The molecule has 0 spiro atoms. The Balaban J connectivity index is 2.00. The number of rotatable bonds is 2. The predicted molar refractivity (Wildman–Crippen MR) is 71.6 cm³/mol. The Bertz CT molecular complexity index is 370. The average Bonchev–Trinajstić information content (AvgIpc) is 2.24. The molecule has 0 saturated carbocycles. The van der Waals surface area contributed by atoms with E-state index >= 15 is 0 Å². The number of nitrogens with zero attached hydrogens (tertiary/aromatic N) is 1. The Kier molecular flexibility index (Phi) is 4.25. The molecule has 16 heavy (non-hydrogen) atoms. The van der Waals surface area contributed by atoms with Gasteiger partial charge in [-0.25, -0.2) is 0 Å². The Hall–Kier alpha value is -0.0900. The van der Waals surface area contributed by atoms with E-state index in [1.165, 1.54) is 12.0 Å². The van der Waals surface area contributed by atoms with Crippen molar-refractivity contribution < 1.29 is 0 Å². The smallest absolute Gasteiger partial charge is 0.0551 e. The maximum Gasteiger partial charge on any atom is 0.0551 e. The molecule has 0 bridgehead atoms. The van der Waals surface area contributed by atoms with Gasteiger partial charge >= 0.3 is 0 Å². The molecule has 0 amide bonds. The summed E-state index contributed by atoms with van der Waals surface area (Å²) in [4.78, 5) is 2.40. The molecule has 1 heterocycles. The van der Waals surface area contributed by atoms with Gasteiger partial charge in [0.2, 0.25) is 0 Å². The number of nitrogens with two attached hydrogens (primary N) is 1. The van der Waals surface area contributed by atoms with Crippen LogP contribution >= 0.6 is 27.5 Å². The summed E-state index contributed by atoms with van der Waals surface area (Å²) < 4.78 is 0.952. The zero-order valence-corrected chi connectivity index (χ0v) is 11.5. The van der Waals surface area contributed by atoms with Crippen LogP contribution in [0.3, 0.4) is 0 Å². The second kappa shape index (κ2) is 5.50. The molecule has 1 fully saturated rings. The van der Waals surface area contributed by atoms with Gasteiger partial charge in [-0.3, -0.25) is 4.90 Å². The summed E-state index contributed by atoms with van der Waals surface area (Å²) in [5.74, 6) is 0. The highest BCUT2D eigenvalue weighted by atomic mass is 79.9. The first-order valence-electron chi connectivity index (χ1n) is 5.57. The van der Waals surface area contributed by atoms with E-state index in [-0.39, 0.29) is 0 Å². The number of likely N-dealkylation sites (tertiary alicyclic amines) is 1. The van der Waals surface area contributed by atoms with E-state index in [0.717, 1.165) is 35.6 Å². The Morgan fingerprint density at radius 2 is 2.31 bits per heavy atom. The van der Waals surface area contributed by atoms with Crippen molar-refractivity contribution >= 4 is 27.5 Å². The zero-order chi connectivity index (χ0) is 11.5. The topological polar surface area (TPSA) is 29.3 Å². The molecule has 88 valence electrons. The molecule has 1 aliphatic rings. The molecular formula is C12H16BrClN2. The van der Waals surface area contributed by atoms with E-state index in [4.69, 9.17) is 17.3 Å². The van der Waals surface area contributed by atoms with Crippen molar-refractivity contribution in [3.05, 3.63) is 33.3 Å². The second-order valence-corrected chi connectivity index (χ2v) is 5.65. The molecule has 1 saturated heterocycles. The van der Waals surface area contributed by atoms with Crippen molar-refractivity contribution in [1.29, 1.82) is 0 Å². The lowest BCUT2D eigenvalue weighted by Gasteiger charge is -2.30. The summed E-state index contributed by atoms with van der Waals surface area (Å²) in [6.07, 6.45) is 2.35. The van der Waals surface area contributed by atoms with Crippen LogP contribution in [0.2, 0.25) is 5.02 Å². The SMILES string of the molecule is NC1CCCN(Cc2ccc(Br)c(Cl)c2)C1. The monoisotopic (exact) mass is 302 g/mol. The van der Waals surface area contributed by atoms with Crippen LogP contribution in [0.25, 0.3) is 0 Å². The van der Waals surface area contributed by atoms with Crippen molar-refractivity contribution in [3.8, 4) is 0 Å². The molecule has 2 nitrogen and oxygen atoms in total. The molecule has 0 aromatic heterocycles. The summed E-state index contributed by atoms with van der Waals surface area (Å²) in [7, 11) is 0. The summed E-state index contributed by atoms with van der Waals surface area (Å²) >= 11 is 9.47. The third-order valence-electron chi connectivity index (χ3n) is 2.93. The fourth-order valence-electron chi connectivity index (χ4n) is 2.13.